The number of hydrogen-bond acceptors (Lipinski definition) is 5. The molecule has 0 bridgehead atoms. The monoisotopic (exact) mass is 330 g/mol. The molecule has 1 aliphatic heterocycles. The van der Waals surface area contributed by atoms with E-state index < -0.39 is 20.1 Å². The highest BCUT2D eigenvalue weighted by Gasteiger charge is 2.41. The fourth-order valence-corrected chi connectivity index (χ4v) is 2.75. The molecule has 0 radical (unpaired) electrons. The highest BCUT2D eigenvalue weighted by atomic mass is 28.4. The summed E-state index contributed by atoms with van der Waals surface area (Å²) >= 11 is 0. The van der Waals surface area contributed by atoms with Gasteiger partial charge in [0.25, 0.3) is 8.32 Å². The van der Waals surface area contributed by atoms with E-state index >= 15 is 0 Å². The van der Waals surface area contributed by atoms with Crippen LogP contribution < -0.4 is 0 Å². The highest BCUT2D eigenvalue weighted by Crippen LogP contribution is 2.38. The van der Waals surface area contributed by atoms with Crippen molar-refractivity contribution < 1.29 is 23.4 Å². The molecule has 1 saturated heterocycles. The van der Waals surface area contributed by atoms with Gasteiger partial charge in [0, 0.05) is 0 Å². The van der Waals surface area contributed by atoms with Gasteiger partial charge in [-0.25, -0.2) is 4.79 Å². The van der Waals surface area contributed by atoms with Crippen LogP contribution in [0.2, 0.25) is 18.1 Å². The summed E-state index contributed by atoms with van der Waals surface area (Å²) in [6, 6.07) is 0. The highest BCUT2D eigenvalue weighted by molar-refractivity contribution is 6.74. The van der Waals surface area contributed by atoms with Gasteiger partial charge in [0.1, 0.15) is 6.10 Å². The third kappa shape index (κ3) is 5.10. The molecule has 22 heavy (non-hydrogen) atoms. The maximum absolute atomic E-state index is 12.2. The van der Waals surface area contributed by atoms with Crippen molar-refractivity contribution in [3.05, 3.63) is 11.8 Å². The standard InChI is InChI=1S/C16H30O5Si/c1-9-18-14(17)13(21-22(7,8)15(2,3)4)10-12-11-19-16(5,6)20-12/h10,12H,9,11H2,1-8H3/b13-10-/t12-/m0/s1. The Kier molecular flexibility index (Phi) is 5.86. The molecule has 6 heteroatoms. The minimum atomic E-state index is -2.13. The number of carbonyl (C=O) groups is 1. The molecule has 0 aromatic rings. The third-order valence-electron chi connectivity index (χ3n) is 4.02. The van der Waals surface area contributed by atoms with Crippen molar-refractivity contribution >= 4 is 14.3 Å². The normalized spacial score (nSPS) is 22.5. The van der Waals surface area contributed by atoms with Gasteiger partial charge in [-0.2, -0.15) is 0 Å². The molecule has 0 aromatic carbocycles. The molecule has 0 amide bonds. The second-order valence-electron chi connectivity index (χ2n) is 7.48. The van der Waals surface area contributed by atoms with Gasteiger partial charge < -0.3 is 18.6 Å². The summed E-state index contributed by atoms with van der Waals surface area (Å²) in [5.74, 6) is -0.849. The Hall–Kier alpha value is -0.853. The van der Waals surface area contributed by atoms with Crippen molar-refractivity contribution in [2.24, 2.45) is 0 Å². The molecule has 1 fully saturated rings. The maximum Gasteiger partial charge on any atom is 0.371 e. The number of hydrogen-bond donors (Lipinski definition) is 0. The molecule has 0 N–H and O–H groups in total. The van der Waals surface area contributed by atoms with Crippen LogP contribution in [0.15, 0.2) is 11.8 Å². The van der Waals surface area contributed by atoms with Crippen molar-refractivity contribution in [2.45, 2.75) is 71.6 Å². The molecule has 1 rings (SSSR count). The SMILES string of the molecule is CCOC(=O)/C(=C/[C@H]1COC(C)(C)O1)O[Si](C)(C)C(C)(C)C. The molecule has 128 valence electrons. The third-order valence-corrected chi connectivity index (χ3v) is 8.36. The Morgan fingerprint density at radius 1 is 1.36 bits per heavy atom. The van der Waals surface area contributed by atoms with E-state index in [2.05, 4.69) is 33.9 Å². The maximum atomic E-state index is 12.2. The van der Waals surface area contributed by atoms with Gasteiger partial charge in [-0.1, -0.05) is 20.8 Å². The molecule has 1 aliphatic rings. The summed E-state index contributed by atoms with van der Waals surface area (Å²) in [6.45, 7) is 16.7. The van der Waals surface area contributed by atoms with E-state index in [0.29, 0.717) is 13.2 Å². The van der Waals surface area contributed by atoms with Crippen LogP contribution in [0.5, 0.6) is 0 Å². The van der Waals surface area contributed by atoms with Crippen LogP contribution in [-0.2, 0) is 23.4 Å². The minimum Gasteiger partial charge on any atom is -0.539 e. The van der Waals surface area contributed by atoms with Crippen molar-refractivity contribution in [1.82, 2.24) is 0 Å². The lowest BCUT2D eigenvalue weighted by atomic mass is 10.2. The number of carbonyl (C=O) groups excluding carboxylic acids is 1. The predicted octanol–water partition coefficient (Wildman–Crippen LogP) is 3.61. The van der Waals surface area contributed by atoms with Gasteiger partial charge in [-0.15, -0.1) is 0 Å². The lowest BCUT2D eigenvalue weighted by Crippen LogP contribution is -2.41. The van der Waals surface area contributed by atoms with Gasteiger partial charge in [0.2, 0.25) is 0 Å². The average Bonchev–Trinajstić information content (AvgIpc) is 2.66. The van der Waals surface area contributed by atoms with E-state index in [1.54, 1.807) is 13.0 Å². The largest absolute Gasteiger partial charge is 0.539 e. The first-order valence-electron chi connectivity index (χ1n) is 7.78. The van der Waals surface area contributed by atoms with Crippen LogP contribution in [0.4, 0.5) is 0 Å². The molecular weight excluding hydrogens is 300 g/mol. The lowest BCUT2D eigenvalue weighted by Gasteiger charge is -2.36. The molecule has 5 nitrogen and oxygen atoms in total. The zero-order valence-electron chi connectivity index (χ0n) is 15.1. The van der Waals surface area contributed by atoms with E-state index in [9.17, 15) is 4.79 Å². The molecule has 0 spiro atoms. The quantitative estimate of drug-likeness (QED) is 0.334. The second-order valence-corrected chi connectivity index (χ2v) is 12.2. The van der Waals surface area contributed by atoms with Crippen LogP contribution in [0, 0.1) is 0 Å². The summed E-state index contributed by atoms with van der Waals surface area (Å²) in [4.78, 5) is 12.2. The van der Waals surface area contributed by atoms with Crippen LogP contribution in [-0.4, -0.2) is 39.4 Å². The molecule has 0 aromatic heterocycles. The Morgan fingerprint density at radius 3 is 2.36 bits per heavy atom. The van der Waals surface area contributed by atoms with Crippen molar-refractivity contribution in [2.75, 3.05) is 13.2 Å². The Labute approximate surface area is 135 Å². The van der Waals surface area contributed by atoms with E-state index in [1.165, 1.54) is 0 Å². The van der Waals surface area contributed by atoms with Gasteiger partial charge in [0.15, 0.2) is 11.5 Å². The van der Waals surface area contributed by atoms with Crippen molar-refractivity contribution in [3.63, 3.8) is 0 Å². The Morgan fingerprint density at radius 2 is 1.95 bits per heavy atom. The zero-order valence-corrected chi connectivity index (χ0v) is 16.1. The van der Waals surface area contributed by atoms with Gasteiger partial charge >= 0.3 is 5.97 Å². The first kappa shape index (κ1) is 19.2. The van der Waals surface area contributed by atoms with Gasteiger partial charge in [0.05, 0.1) is 13.2 Å². The van der Waals surface area contributed by atoms with Crippen LogP contribution in [0.3, 0.4) is 0 Å². The predicted molar refractivity (Wildman–Crippen MR) is 87.9 cm³/mol. The van der Waals surface area contributed by atoms with Crippen LogP contribution >= 0.6 is 0 Å². The summed E-state index contributed by atoms with van der Waals surface area (Å²) in [5, 5.41) is -0.00904. The summed E-state index contributed by atoms with van der Waals surface area (Å²) in [6.07, 6.45) is 1.38. The number of esters is 1. The topological polar surface area (TPSA) is 54.0 Å². The van der Waals surface area contributed by atoms with Crippen LogP contribution in [0.25, 0.3) is 0 Å². The molecule has 1 atom stereocenters. The Balaban J connectivity index is 2.97. The fraction of sp³-hybridized carbons (Fsp3) is 0.812. The van der Waals surface area contributed by atoms with Gasteiger partial charge in [-0.05, 0) is 45.0 Å². The van der Waals surface area contributed by atoms with Crippen molar-refractivity contribution in [1.29, 1.82) is 0 Å². The summed E-state index contributed by atoms with van der Waals surface area (Å²) in [7, 11) is -2.13. The summed E-state index contributed by atoms with van der Waals surface area (Å²) in [5.41, 5.74) is 0. The molecule has 0 saturated carbocycles. The molecule has 0 unspecified atom stereocenters. The molecule has 0 aliphatic carbocycles. The van der Waals surface area contributed by atoms with E-state index in [-0.39, 0.29) is 16.9 Å². The van der Waals surface area contributed by atoms with Crippen LogP contribution in [0.1, 0.15) is 41.5 Å². The van der Waals surface area contributed by atoms with E-state index in [1.807, 2.05) is 13.8 Å². The first-order chi connectivity index (χ1) is 9.88. The smallest absolute Gasteiger partial charge is 0.371 e. The Bertz CT molecular complexity index is 434. The summed E-state index contributed by atoms with van der Waals surface area (Å²) < 4.78 is 22.5. The molecule has 1 heterocycles. The zero-order chi connectivity index (χ0) is 17.2. The number of ether oxygens (including phenoxy) is 3. The first-order valence-corrected chi connectivity index (χ1v) is 10.7. The number of rotatable bonds is 5. The van der Waals surface area contributed by atoms with E-state index in [0.717, 1.165) is 0 Å². The average molecular weight is 330 g/mol. The van der Waals surface area contributed by atoms with E-state index in [4.69, 9.17) is 18.6 Å². The van der Waals surface area contributed by atoms with Crippen molar-refractivity contribution in [3.8, 4) is 0 Å². The minimum absolute atomic E-state index is 0.00904. The second kappa shape index (κ2) is 6.72. The van der Waals surface area contributed by atoms with Gasteiger partial charge in [-0.3, -0.25) is 0 Å². The fourth-order valence-electron chi connectivity index (χ4n) is 1.74. The lowest BCUT2D eigenvalue weighted by molar-refractivity contribution is -0.142. The molecular formula is C16H30O5Si.